The van der Waals surface area contributed by atoms with Gasteiger partial charge >= 0.3 is 0 Å². The highest BCUT2D eigenvalue weighted by atomic mass is 16.2. The highest BCUT2D eigenvalue weighted by Crippen LogP contribution is 2.17. The lowest BCUT2D eigenvalue weighted by molar-refractivity contribution is -0.130. The molecule has 0 atom stereocenters. The second-order valence-electron chi connectivity index (χ2n) is 5.02. The molecule has 2 N–H and O–H groups in total. The van der Waals surface area contributed by atoms with Crippen molar-refractivity contribution in [3.05, 3.63) is 11.9 Å². The highest BCUT2D eigenvalue weighted by Gasteiger charge is 2.16. The first-order chi connectivity index (χ1) is 9.72. The van der Waals surface area contributed by atoms with E-state index in [2.05, 4.69) is 20.6 Å². The predicted octanol–water partition coefficient (Wildman–Crippen LogP) is 1.64. The van der Waals surface area contributed by atoms with Gasteiger partial charge in [-0.25, -0.2) is 9.97 Å². The zero-order valence-electron chi connectivity index (χ0n) is 12.3. The smallest absolute Gasteiger partial charge is 0.241 e. The fraction of sp³-hybridized carbons (Fsp3) is 0.643. The maximum absolute atomic E-state index is 12.1. The SMILES string of the molecule is CCNc1ncnc(NCC(=O)N2CCCCC2)c1C. The van der Waals surface area contributed by atoms with E-state index in [0.29, 0.717) is 6.54 Å². The zero-order chi connectivity index (χ0) is 14.4. The zero-order valence-corrected chi connectivity index (χ0v) is 12.3. The molecule has 2 rings (SSSR count). The molecule has 1 aromatic rings. The molecule has 0 unspecified atom stereocenters. The van der Waals surface area contributed by atoms with Crippen molar-refractivity contribution < 1.29 is 4.79 Å². The fourth-order valence-corrected chi connectivity index (χ4v) is 2.39. The molecule has 20 heavy (non-hydrogen) atoms. The van der Waals surface area contributed by atoms with Gasteiger partial charge in [-0.05, 0) is 33.1 Å². The Morgan fingerprint density at radius 1 is 1.20 bits per heavy atom. The van der Waals surface area contributed by atoms with E-state index in [1.165, 1.54) is 12.7 Å². The molecule has 0 aliphatic carbocycles. The number of nitrogens with one attached hydrogen (secondary N) is 2. The summed E-state index contributed by atoms with van der Waals surface area (Å²) < 4.78 is 0. The van der Waals surface area contributed by atoms with Crippen molar-refractivity contribution in [2.24, 2.45) is 0 Å². The van der Waals surface area contributed by atoms with Crippen molar-refractivity contribution >= 4 is 17.5 Å². The van der Waals surface area contributed by atoms with Crippen LogP contribution in [0.3, 0.4) is 0 Å². The van der Waals surface area contributed by atoms with Crippen LogP contribution in [0.4, 0.5) is 11.6 Å². The van der Waals surface area contributed by atoms with Crippen LogP contribution in [0, 0.1) is 6.92 Å². The number of hydrogen-bond acceptors (Lipinski definition) is 5. The van der Waals surface area contributed by atoms with Crippen molar-refractivity contribution in [1.29, 1.82) is 0 Å². The van der Waals surface area contributed by atoms with E-state index in [1.54, 1.807) is 0 Å². The van der Waals surface area contributed by atoms with E-state index in [1.807, 2.05) is 18.7 Å². The van der Waals surface area contributed by atoms with E-state index < -0.39 is 0 Å². The summed E-state index contributed by atoms with van der Waals surface area (Å²) in [5.41, 5.74) is 0.945. The topological polar surface area (TPSA) is 70.1 Å². The van der Waals surface area contributed by atoms with Gasteiger partial charge in [0.15, 0.2) is 0 Å². The Morgan fingerprint density at radius 3 is 2.50 bits per heavy atom. The van der Waals surface area contributed by atoms with Gasteiger partial charge in [0, 0.05) is 25.2 Å². The average molecular weight is 277 g/mol. The maximum Gasteiger partial charge on any atom is 0.241 e. The Labute approximate surface area is 120 Å². The van der Waals surface area contributed by atoms with Crippen molar-refractivity contribution in [2.75, 3.05) is 36.8 Å². The number of likely N-dealkylation sites (tertiary alicyclic amines) is 1. The summed E-state index contributed by atoms with van der Waals surface area (Å²) in [5.74, 6) is 1.68. The number of carbonyl (C=O) groups excluding carboxylic acids is 1. The summed E-state index contributed by atoms with van der Waals surface area (Å²) in [6, 6.07) is 0. The Kier molecular flexibility index (Phi) is 5.15. The molecule has 2 heterocycles. The Balaban J connectivity index is 1.93. The quantitative estimate of drug-likeness (QED) is 0.856. The van der Waals surface area contributed by atoms with Crippen LogP contribution < -0.4 is 10.6 Å². The van der Waals surface area contributed by atoms with Gasteiger partial charge in [0.2, 0.25) is 5.91 Å². The summed E-state index contributed by atoms with van der Waals surface area (Å²) in [5, 5.41) is 6.31. The monoisotopic (exact) mass is 277 g/mol. The minimum absolute atomic E-state index is 0.146. The van der Waals surface area contributed by atoms with Crippen LogP contribution in [0.5, 0.6) is 0 Å². The molecule has 1 fully saturated rings. The lowest BCUT2D eigenvalue weighted by atomic mass is 10.1. The molecule has 110 valence electrons. The van der Waals surface area contributed by atoms with Crippen LogP contribution in [-0.4, -0.2) is 47.0 Å². The molecule has 0 aromatic carbocycles. The van der Waals surface area contributed by atoms with Crippen molar-refractivity contribution in [2.45, 2.75) is 33.1 Å². The molecule has 6 nitrogen and oxygen atoms in total. The lowest BCUT2D eigenvalue weighted by Crippen LogP contribution is -2.39. The molecule has 0 saturated carbocycles. The van der Waals surface area contributed by atoms with Crippen LogP contribution in [0.1, 0.15) is 31.7 Å². The Hall–Kier alpha value is -1.85. The minimum atomic E-state index is 0.146. The minimum Gasteiger partial charge on any atom is -0.370 e. The van der Waals surface area contributed by atoms with Crippen molar-refractivity contribution in [3.8, 4) is 0 Å². The van der Waals surface area contributed by atoms with Gasteiger partial charge in [-0.1, -0.05) is 0 Å². The molecule has 1 saturated heterocycles. The molecule has 0 radical (unpaired) electrons. The molecule has 1 amide bonds. The van der Waals surface area contributed by atoms with Gasteiger partial charge in [0.1, 0.15) is 18.0 Å². The van der Waals surface area contributed by atoms with Crippen LogP contribution in [0.15, 0.2) is 6.33 Å². The number of piperidine rings is 1. The summed E-state index contributed by atoms with van der Waals surface area (Å²) in [6.07, 6.45) is 4.97. The summed E-state index contributed by atoms with van der Waals surface area (Å²) in [7, 11) is 0. The third kappa shape index (κ3) is 3.59. The van der Waals surface area contributed by atoms with E-state index in [4.69, 9.17) is 0 Å². The maximum atomic E-state index is 12.1. The number of nitrogens with zero attached hydrogens (tertiary/aromatic N) is 3. The van der Waals surface area contributed by atoms with Gasteiger partial charge in [0.25, 0.3) is 0 Å². The van der Waals surface area contributed by atoms with Crippen molar-refractivity contribution in [1.82, 2.24) is 14.9 Å². The van der Waals surface area contributed by atoms with Gasteiger partial charge < -0.3 is 15.5 Å². The van der Waals surface area contributed by atoms with E-state index >= 15 is 0 Å². The van der Waals surface area contributed by atoms with Gasteiger partial charge in [0.05, 0.1) is 6.54 Å². The van der Waals surface area contributed by atoms with Crippen molar-refractivity contribution in [3.63, 3.8) is 0 Å². The molecule has 0 spiro atoms. The normalized spacial score (nSPS) is 15.0. The first kappa shape index (κ1) is 14.6. The largest absolute Gasteiger partial charge is 0.370 e. The predicted molar refractivity (Wildman–Crippen MR) is 79.9 cm³/mol. The number of carbonyl (C=O) groups is 1. The fourth-order valence-electron chi connectivity index (χ4n) is 2.39. The molecule has 1 aliphatic heterocycles. The molecule has 6 heteroatoms. The lowest BCUT2D eigenvalue weighted by Gasteiger charge is -2.27. The van der Waals surface area contributed by atoms with E-state index in [0.717, 1.165) is 49.7 Å². The Morgan fingerprint density at radius 2 is 1.85 bits per heavy atom. The number of aromatic nitrogens is 2. The number of rotatable bonds is 5. The van der Waals surface area contributed by atoms with Crippen LogP contribution in [0.25, 0.3) is 0 Å². The third-order valence-electron chi connectivity index (χ3n) is 3.54. The Bertz CT molecular complexity index is 457. The molecule has 0 bridgehead atoms. The van der Waals surface area contributed by atoms with E-state index in [9.17, 15) is 4.79 Å². The first-order valence-electron chi connectivity index (χ1n) is 7.29. The molecular formula is C14H23N5O. The highest BCUT2D eigenvalue weighted by molar-refractivity contribution is 5.81. The average Bonchev–Trinajstić information content (AvgIpc) is 2.49. The van der Waals surface area contributed by atoms with Gasteiger partial charge in [-0.2, -0.15) is 0 Å². The third-order valence-corrected chi connectivity index (χ3v) is 3.54. The van der Waals surface area contributed by atoms with Crippen LogP contribution in [0.2, 0.25) is 0 Å². The second kappa shape index (κ2) is 7.07. The van der Waals surface area contributed by atoms with E-state index in [-0.39, 0.29) is 5.91 Å². The summed E-state index contributed by atoms with van der Waals surface area (Å²) in [4.78, 5) is 22.4. The molecule has 1 aliphatic rings. The number of amides is 1. The summed E-state index contributed by atoms with van der Waals surface area (Å²) in [6.45, 7) is 6.84. The number of hydrogen-bond donors (Lipinski definition) is 2. The molecular weight excluding hydrogens is 254 g/mol. The van der Waals surface area contributed by atoms with Gasteiger partial charge in [-0.3, -0.25) is 4.79 Å². The summed E-state index contributed by atoms with van der Waals surface area (Å²) >= 11 is 0. The van der Waals surface area contributed by atoms with Gasteiger partial charge in [-0.15, -0.1) is 0 Å². The second-order valence-corrected chi connectivity index (χ2v) is 5.02. The van der Waals surface area contributed by atoms with Crippen LogP contribution >= 0.6 is 0 Å². The van der Waals surface area contributed by atoms with Crippen LogP contribution in [-0.2, 0) is 4.79 Å². The number of anilines is 2. The first-order valence-corrected chi connectivity index (χ1v) is 7.29. The molecule has 1 aromatic heterocycles. The standard InChI is InChI=1S/C14H23N5O/c1-3-15-13-11(2)14(18-10-17-13)16-9-12(20)19-7-5-4-6-8-19/h10H,3-9H2,1-2H3,(H2,15,16,17,18).